The minimum absolute atomic E-state index is 0.362. The molecule has 0 fully saturated rings. The fourth-order valence-electron chi connectivity index (χ4n) is 1.62. The smallest absolute Gasteiger partial charge is 0.123 e. The van der Waals surface area contributed by atoms with Crippen molar-refractivity contribution < 1.29 is 5.11 Å². The molecule has 1 aromatic rings. The van der Waals surface area contributed by atoms with E-state index in [-0.39, 0.29) is 0 Å². The quantitative estimate of drug-likeness (QED) is 0.800. The highest BCUT2D eigenvalue weighted by molar-refractivity contribution is 9.08. The van der Waals surface area contributed by atoms with Gasteiger partial charge in [0.2, 0.25) is 0 Å². The summed E-state index contributed by atoms with van der Waals surface area (Å²) in [5.41, 5.74) is 3.34. The van der Waals surface area contributed by atoms with Crippen molar-refractivity contribution in [1.29, 1.82) is 0 Å². The van der Waals surface area contributed by atoms with Gasteiger partial charge in [0.05, 0.1) is 0 Å². The van der Waals surface area contributed by atoms with Crippen LogP contribution in [0.2, 0.25) is 0 Å². The standard InChI is InChI=1S/C13H19BrO/c1-8(2)10-5-11(7-14)13(15)12(6-10)9(3)4/h5-6,8-9,15H,7H2,1-4H3. The van der Waals surface area contributed by atoms with Crippen molar-refractivity contribution in [3.05, 3.63) is 28.8 Å². The largest absolute Gasteiger partial charge is 0.507 e. The predicted molar refractivity (Wildman–Crippen MR) is 68.9 cm³/mol. The highest BCUT2D eigenvalue weighted by Crippen LogP contribution is 2.33. The van der Waals surface area contributed by atoms with E-state index in [2.05, 4.69) is 55.8 Å². The maximum absolute atomic E-state index is 10.0. The van der Waals surface area contributed by atoms with E-state index in [1.807, 2.05) is 0 Å². The molecule has 0 heterocycles. The molecule has 2 heteroatoms. The van der Waals surface area contributed by atoms with E-state index in [1.165, 1.54) is 5.56 Å². The molecule has 0 aliphatic heterocycles. The van der Waals surface area contributed by atoms with Crippen LogP contribution in [0.4, 0.5) is 0 Å². The van der Waals surface area contributed by atoms with Crippen LogP contribution in [0.3, 0.4) is 0 Å². The van der Waals surface area contributed by atoms with Crippen LogP contribution in [0.25, 0.3) is 0 Å². The number of phenolic OH excluding ortho intramolecular Hbond substituents is 1. The van der Waals surface area contributed by atoms with Gasteiger partial charge in [0.25, 0.3) is 0 Å². The molecule has 1 aromatic carbocycles. The predicted octanol–water partition coefficient (Wildman–Crippen LogP) is 4.53. The Morgan fingerprint density at radius 1 is 1.13 bits per heavy atom. The topological polar surface area (TPSA) is 20.2 Å². The number of halogens is 1. The van der Waals surface area contributed by atoms with E-state index in [0.717, 1.165) is 11.1 Å². The van der Waals surface area contributed by atoms with Gasteiger partial charge in [-0.05, 0) is 23.0 Å². The van der Waals surface area contributed by atoms with Gasteiger partial charge in [-0.1, -0.05) is 55.8 Å². The fourth-order valence-corrected chi connectivity index (χ4v) is 2.05. The van der Waals surface area contributed by atoms with Gasteiger partial charge in [-0.15, -0.1) is 0 Å². The van der Waals surface area contributed by atoms with Gasteiger partial charge >= 0.3 is 0 Å². The Bertz CT molecular complexity index is 343. The highest BCUT2D eigenvalue weighted by Gasteiger charge is 2.13. The van der Waals surface area contributed by atoms with Crippen molar-refractivity contribution in [1.82, 2.24) is 0 Å². The van der Waals surface area contributed by atoms with Crippen molar-refractivity contribution in [2.75, 3.05) is 0 Å². The molecular formula is C13H19BrO. The van der Waals surface area contributed by atoms with E-state index >= 15 is 0 Å². The van der Waals surface area contributed by atoms with E-state index < -0.39 is 0 Å². The maximum atomic E-state index is 10.0. The highest BCUT2D eigenvalue weighted by atomic mass is 79.9. The summed E-state index contributed by atoms with van der Waals surface area (Å²) in [6.07, 6.45) is 0. The normalized spacial score (nSPS) is 11.4. The second-order valence-electron chi connectivity index (χ2n) is 4.56. The summed E-state index contributed by atoms with van der Waals surface area (Å²) in [4.78, 5) is 0. The lowest BCUT2D eigenvalue weighted by molar-refractivity contribution is 0.459. The summed E-state index contributed by atoms with van der Waals surface area (Å²) in [5.74, 6) is 1.31. The van der Waals surface area contributed by atoms with Crippen molar-refractivity contribution >= 4 is 15.9 Å². The third-order valence-electron chi connectivity index (χ3n) is 2.67. The second kappa shape index (κ2) is 5.02. The molecule has 0 unspecified atom stereocenters. The zero-order valence-electron chi connectivity index (χ0n) is 9.84. The molecule has 0 aliphatic carbocycles. The van der Waals surface area contributed by atoms with Crippen molar-refractivity contribution in [3.8, 4) is 5.75 Å². The summed E-state index contributed by atoms with van der Waals surface area (Å²) in [7, 11) is 0. The Hall–Kier alpha value is -0.500. The van der Waals surface area contributed by atoms with Crippen LogP contribution in [-0.2, 0) is 5.33 Å². The molecule has 1 rings (SSSR count). The monoisotopic (exact) mass is 270 g/mol. The average Bonchev–Trinajstić information content (AvgIpc) is 2.17. The zero-order valence-corrected chi connectivity index (χ0v) is 11.4. The van der Waals surface area contributed by atoms with Crippen LogP contribution in [-0.4, -0.2) is 5.11 Å². The minimum Gasteiger partial charge on any atom is -0.507 e. The van der Waals surface area contributed by atoms with Gasteiger partial charge < -0.3 is 5.11 Å². The Balaban J connectivity index is 3.32. The molecule has 0 aromatic heterocycles. The van der Waals surface area contributed by atoms with Crippen molar-refractivity contribution in [3.63, 3.8) is 0 Å². The van der Waals surface area contributed by atoms with Crippen LogP contribution in [0, 0.1) is 0 Å². The van der Waals surface area contributed by atoms with Gasteiger partial charge in [0.15, 0.2) is 0 Å². The second-order valence-corrected chi connectivity index (χ2v) is 5.12. The first-order valence-corrected chi connectivity index (χ1v) is 6.51. The summed E-state index contributed by atoms with van der Waals surface area (Å²) < 4.78 is 0. The van der Waals surface area contributed by atoms with Crippen LogP contribution >= 0.6 is 15.9 Å². The van der Waals surface area contributed by atoms with Crippen LogP contribution < -0.4 is 0 Å². The van der Waals surface area contributed by atoms with E-state index in [0.29, 0.717) is 22.9 Å². The van der Waals surface area contributed by atoms with Crippen LogP contribution in [0.15, 0.2) is 12.1 Å². The number of aromatic hydroxyl groups is 1. The van der Waals surface area contributed by atoms with Crippen LogP contribution in [0.1, 0.15) is 56.2 Å². The third kappa shape index (κ3) is 2.75. The van der Waals surface area contributed by atoms with Gasteiger partial charge in [-0.25, -0.2) is 0 Å². The third-order valence-corrected chi connectivity index (χ3v) is 3.28. The summed E-state index contributed by atoms with van der Waals surface area (Å²) in [5, 5.41) is 10.7. The van der Waals surface area contributed by atoms with Crippen molar-refractivity contribution in [2.45, 2.75) is 44.9 Å². The molecule has 0 saturated carbocycles. The molecule has 0 saturated heterocycles. The van der Waals surface area contributed by atoms with E-state index in [9.17, 15) is 5.11 Å². The van der Waals surface area contributed by atoms with Crippen LogP contribution in [0.5, 0.6) is 5.75 Å². The van der Waals surface area contributed by atoms with Gasteiger partial charge in [0, 0.05) is 10.9 Å². The number of hydrogen-bond donors (Lipinski definition) is 1. The Morgan fingerprint density at radius 2 is 1.73 bits per heavy atom. The summed E-state index contributed by atoms with van der Waals surface area (Å²) in [6.45, 7) is 8.57. The Morgan fingerprint density at radius 3 is 2.13 bits per heavy atom. The molecule has 1 nitrogen and oxygen atoms in total. The maximum Gasteiger partial charge on any atom is 0.123 e. The first-order chi connectivity index (χ1) is 6.97. The number of benzene rings is 1. The van der Waals surface area contributed by atoms with Crippen molar-refractivity contribution in [2.24, 2.45) is 0 Å². The number of phenols is 1. The molecule has 0 aliphatic rings. The molecule has 1 N–H and O–H groups in total. The number of hydrogen-bond acceptors (Lipinski definition) is 1. The van der Waals surface area contributed by atoms with E-state index in [4.69, 9.17) is 0 Å². The number of rotatable bonds is 3. The summed E-state index contributed by atoms with van der Waals surface area (Å²) in [6, 6.07) is 4.21. The minimum atomic E-state index is 0.362. The SMILES string of the molecule is CC(C)c1cc(CBr)c(O)c(C(C)C)c1. The Kier molecular flexibility index (Phi) is 4.21. The molecule has 0 bridgehead atoms. The van der Waals surface area contributed by atoms with Gasteiger partial charge in [0.1, 0.15) is 5.75 Å². The average molecular weight is 271 g/mol. The first-order valence-electron chi connectivity index (χ1n) is 5.39. The Labute approximate surface area is 101 Å². The van der Waals surface area contributed by atoms with Gasteiger partial charge in [-0.3, -0.25) is 0 Å². The molecule has 0 spiro atoms. The zero-order chi connectivity index (χ0) is 11.6. The molecular weight excluding hydrogens is 252 g/mol. The molecule has 0 atom stereocenters. The van der Waals surface area contributed by atoms with E-state index in [1.54, 1.807) is 0 Å². The molecule has 0 amide bonds. The summed E-state index contributed by atoms with van der Waals surface area (Å²) >= 11 is 3.41. The lowest BCUT2D eigenvalue weighted by Crippen LogP contribution is -1.97. The number of alkyl halides is 1. The van der Waals surface area contributed by atoms with Gasteiger partial charge in [-0.2, -0.15) is 0 Å². The lowest BCUT2D eigenvalue weighted by Gasteiger charge is -2.16. The molecule has 15 heavy (non-hydrogen) atoms. The molecule has 0 radical (unpaired) electrons. The molecule has 84 valence electrons. The lowest BCUT2D eigenvalue weighted by atomic mass is 9.92. The first kappa shape index (κ1) is 12.6. The fraction of sp³-hybridized carbons (Fsp3) is 0.538.